The van der Waals surface area contributed by atoms with E-state index >= 15 is 0 Å². The molecule has 0 unspecified atom stereocenters. The number of aromatic hydroxyl groups is 1. The number of aromatic amines is 1. The van der Waals surface area contributed by atoms with Crippen LogP contribution in [-0.4, -0.2) is 19.9 Å². The fourth-order valence-corrected chi connectivity index (χ4v) is 1.49. The summed E-state index contributed by atoms with van der Waals surface area (Å²) >= 11 is 3.17. The summed E-state index contributed by atoms with van der Waals surface area (Å²) in [6.45, 7) is 0.149. The molecule has 0 radical (unpaired) electrons. The molecule has 0 amide bonds. The van der Waals surface area contributed by atoms with Crippen molar-refractivity contribution in [2.24, 2.45) is 7.05 Å². The lowest BCUT2D eigenvalue weighted by Gasteiger charge is -2.06. The first-order valence-electron chi connectivity index (χ1n) is 4.79. The second-order valence-electron chi connectivity index (χ2n) is 3.41. The van der Waals surface area contributed by atoms with Gasteiger partial charge in [0.25, 0.3) is 0 Å². The molecule has 0 bridgehead atoms. The van der Waals surface area contributed by atoms with Crippen molar-refractivity contribution >= 4 is 15.9 Å². The Balaban J connectivity index is 2.10. The standard InChI is InChI=1S/C10H10BrN3O3/c1-14-9(12-13-10(14)16)5-17-6-2-3-7(11)8(15)4-6/h2-4,15H,5H2,1H3,(H,13,16). The van der Waals surface area contributed by atoms with Gasteiger partial charge < -0.3 is 9.84 Å². The molecule has 7 heteroatoms. The van der Waals surface area contributed by atoms with Crippen LogP contribution in [0, 0.1) is 0 Å². The van der Waals surface area contributed by atoms with Gasteiger partial charge in [-0.25, -0.2) is 9.89 Å². The third-order valence-electron chi connectivity index (χ3n) is 2.26. The predicted molar refractivity (Wildman–Crippen MR) is 64.0 cm³/mol. The Hall–Kier alpha value is -1.76. The Labute approximate surface area is 105 Å². The number of ether oxygens (including phenoxy) is 1. The van der Waals surface area contributed by atoms with E-state index in [1.165, 1.54) is 10.6 Å². The quantitative estimate of drug-likeness (QED) is 0.891. The van der Waals surface area contributed by atoms with Gasteiger partial charge in [-0.1, -0.05) is 0 Å². The van der Waals surface area contributed by atoms with Crippen LogP contribution in [0.1, 0.15) is 5.82 Å². The van der Waals surface area contributed by atoms with Gasteiger partial charge >= 0.3 is 5.69 Å². The number of nitrogens with zero attached hydrogens (tertiary/aromatic N) is 2. The highest BCUT2D eigenvalue weighted by atomic mass is 79.9. The number of nitrogens with one attached hydrogen (secondary N) is 1. The van der Waals surface area contributed by atoms with Crippen molar-refractivity contribution in [2.75, 3.05) is 0 Å². The molecule has 0 aliphatic carbocycles. The van der Waals surface area contributed by atoms with Crippen LogP contribution >= 0.6 is 15.9 Å². The van der Waals surface area contributed by atoms with E-state index in [1.807, 2.05) is 0 Å². The average Bonchev–Trinajstić information content (AvgIpc) is 2.62. The van der Waals surface area contributed by atoms with Crippen LogP contribution in [-0.2, 0) is 13.7 Å². The molecule has 0 aliphatic heterocycles. The maximum absolute atomic E-state index is 11.1. The molecule has 0 saturated heterocycles. The van der Waals surface area contributed by atoms with Crippen LogP contribution in [0.25, 0.3) is 0 Å². The molecule has 2 aromatic rings. The van der Waals surface area contributed by atoms with Gasteiger partial charge in [0.05, 0.1) is 4.47 Å². The molecule has 0 saturated carbocycles. The van der Waals surface area contributed by atoms with Gasteiger partial charge in [-0.2, -0.15) is 5.10 Å². The first-order chi connectivity index (χ1) is 8.08. The number of aromatic nitrogens is 3. The van der Waals surface area contributed by atoms with E-state index in [2.05, 4.69) is 26.1 Å². The molecular formula is C10H10BrN3O3. The number of benzene rings is 1. The average molecular weight is 300 g/mol. The van der Waals surface area contributed by atoms with Gasteiger partial charge in [0.15, 0.2) is 5.82 Å². The fraction of sp³-hybridized carbons (Fsp3) is 0.200. The summed E-state index contributed by atoms with van der Waals surface area (Å²) in [5, 5.41) is 15.6. The van der Waals surface area contributed by atoms with Crippen LogP contribution in [0.4, 0.5) is 0 Å². The molecule has 90 valence electrons. The maximum atomic E-state index is 11.1. The molecule has 17 heavy (non-hydrogen) atoms. The van der Waals surface area contributed by atoms with Gasteiger partial charge in [-0.15, -0.1) is 0 Å². The van der Waals surface area contributed by atoms with Crippen LogP contribution in [0.3, 0.4) is 0 Å². The molecule has 0 spiro atoms. The normalized spacial score (nSPS) is 10.5. The molecule has 2 rings (SSSR count). The molecule has 0 atom stereocenters. The van der Waals surface area contributed by atoms with Crippen LogP contribution < -0.4 is 10.4 Å². The largest absolute Gasteiger partial charge is 0.507 e. The zero-order chi connectivity index (χ0) is 12.4. The topological polar surface area (TPSA) is 80.1 Å². The predicted octanol–water partition coefficient (Wildman–Crippen LogP) is 1.16. The van der Waals surface area contributed by atoms with Crippen molar-refractivity contribution in [2.45, 2.75) is 6.61 Å². The van der Waals surface area contributed by atoms with Crippen molar-refractivity contribution in [1.82, 2.24) is 14.8 Å². The first-order valence-corrected chi connectivity index (χ1v) is 5.59. The third-order valence-corrected chi connectivity index (χ3v) is 2.93. The lowest BCUT2D eigenvalue weighted by molar-refractivity contribution is 0.289. The second-order valence-corrected chi connectivity index (χ2v) is 4.26. The highest BCUT2D eigenvalue weighted by Crippen LogP contribution is 2.28. The fourth-order valence-electron chi connectivity index (χ4n) is 1.24. The molecule has 0 fully saturated rings. The van der Waals surface area contributed by atoms with Crippen molar-refractivity contribution in [1.29, 1.82) is 0 Å². The Morgan fingerprint density at radius 3 is 2.94 bits per heavy atom. The van der Waals surface area contributed by atoms with Crippen molar-refractivity contribution in [3.05, 3.63) is 39.0 Å². The maximum Gasteiger partial charge on any atom is 0.343 e. The van der Waals surface area contributed by atoms with Gasteiger partial charge in [-0.05, 0) is 28.1 Å². The lowest BCUT2D eigenvalue weighted by Crippen LogP contribution is -2.15. The van der Waals surface area contributed by atoms with E-state index < -0.39 is 0 Å². The van der Waals surface area contributed by atoms with Gasteiger partial charge in [0.1, 0.15) is 18.1 Å². The SMILES string of the molecule is Cn1c(COc2ccc(Br)c(O)c2)n[nH]c1=O. The van der Waals surface area contributed by atoms with Crippen LogP contribution in [0.5, 0.6) is 11.5 Å². The number of hydrogen-bond acceptors (Lipinski definition) is 4. The van der Waals surface area contributed by atoms with E-state index in [4.69, 9.17) is 4.74 Å². The van der Waals surface area contributed by atoms with E-state index in [0.717, 1.165) is 0 Å². The minimum absolute atomic E-state index is 0.0958. The Kier molecular flexibility index (Phi) is 3.19. The Bertz CT molecular complexity index is 591. The molecule has 1 aromatic carbocycles. The zero-order valence-electron chi connectivity index (χ0n) is 8.98. The van der Waals surface area contributed by atoms with Crippen molar-refractivity contribution in [3.8, 4) is 11.5 Å². The summed E-state index contributed by atoms with van der Waals surface area (Å²) in [7, 11) is 1.60. The van der Waals surface area contributed by atoms with Crippen molar-refractivity contribution in [3.63, 3.8) is 0 Å². The summed E-state index contributed by atoms with van der Waals surface area (Å²) in [4.78, 5) is 11.1. The number of phenols is 1. The van der Waals surface area contributed by atoms with Crippen LogP contribution in [0.2, 0.25) is 0 Å². The highest BCUT2D eigenvalue weighted by Gasteiger charge is 2.06. The number of phenolic OH excluding ortho intramolecular Hbond substituents is 1. The lowest BCUT2D eigenvalue weighted by atomic mass is 10.3. The summed E-state index contributed by atoms with van der Waals surface area (Å²) in [6.07, 6.45) is 0. The third kappa shape index (κ3) is 2.50. The summed E-state index contributed by atoms with van der Waals surface area (Å²) < 4.78 is 7.35. The molecular weight excluding hydrogens is 290 g/mol. The highest BCUT2D eigenvalue weighted by molar-refractivity contribution is 9.10. The minimum Gasteiger partial charge on any atom is -0.507 e. The Morgan fingerprint density at radius 1 is 1.59 bits per heavy atom. The first kappa shape index (κ1) is 11.7. The summed E-state index contributed by atoms with van der Waals surface area (Å²) in [5.41, 5.74) is -0.290. The monoisotopic (exact) mass is 299 g/mol. The number of hydrogen-bond donors (Lipinski definition) is 2. The molecule has 2 N–H and O–H groups in total. The molecule has 1 aromatic heterocycles. The Morgan fingerprint density at radius 2 is 2.35 bits per heavy atom. The number of halogens is 1. The second kappa shape index (κ2) is 4.62. The van der Waals surface area contributed by atoms with Gasteiger partial charge in [0, 0.05) is 13.1 Å². The summed E-state index contributed by atoms with van der Waals surface area (Å²) in [5.74, 6) is 1.08. The van der Waals surface area contributed by atoms with Gasteiger partial charge in [-0.3, -0.25) is 4.57 Å². The molecule has 1 heterocycles. The van der Waals surface area contributed by atoms with E-state index in [0.29, 0.717) is 16.0 Å². The minimum atomic E-state index is -0.290. The van der Waals surface area contributed by atoms with Gasteiger partial charge in [0.2, 0.25) is 0 Å². The molecule has 6 nitrogen and oxygen atoms in total. The zero-order valence-corrected chi connectivity index (χ0v) is 10.6. The van der Waals surface area contributed by atoms with E-state index in [1.54, 1.807) is 19.2 Å². The smallest absolute Gasteiger partial charge is 0.343 e. The molecule has 0 aliphatic rings. The number of rotatable bonds is 3. The van der Waals surface area contributed by atoms with Crippen molar-refractivity contribution < 1.29 is 9.84 Å². The van der Waals surface area contributed by atoms with Crippen LogP contribution in [0.15, 0.2) is 27.5 Å². The van der Waals surface area contributed by atoms with E-state index in [-0.39, 0.29) is 18.0 Å². The van der Waals surface area contributed by atoms with E-state index in [9.17, 15) is 9.90 Å². The number of H-pyrrole nitrogens is 1. The summed E-state index contributed by atoms with van der Waals surface area (Å²) in [6, 6.07) is 4.86.